The summed E-state index contributed by atoms with van der Waals surface area (Å²) in [6.45, 7) is 9.42. The van der Waals surface area contributed by atoms with Gasteiger partial charge in [-0.15, -0.1) is 0 Å². The van der Waals surface area contributed by atoms with Gasteiger partial charge in [0.2, 0.25) is 11.8 Å². The van der Waals surface area contributed by atoms with Crippen LogP contribution < -0.4 is 0 Å². The van der Waals surface area contributed by atoms with Gasteiger partial charge in [-0.25, -0.2) is 0 Å². The average molecular weight is 280 g/mol. The van der Waals surface area contributed by atoms with Crippen molar-refractivity contribution in [1.29, 1.82) is 0 Å². The van der Waals surface area contributed by atoms with E-state index in [0.717, 1.165) is 6.42 Å². The maximum atomic E-state index is 10.7. The normalized spacial score (nSPS) is 15.2. The van der Waals surface area contributed by atoms with Gasteiger partial charge in [-0.1, -0.05) is 40.0 Å². The SMILES string of the molecule is C.CC[Si](C)(C)C.CN1C(=O)CCCC1=O.S. The van der Waals surface area contributed by atoms with Crippen molar-refractivity contribution in [2.24, 2.45) is 0 Å². The first-order valence-electron chi connectivity index (χ1n) is 5.57. The van der Waals surface area contributed by atoms with Crippen molar-refractivity contribution in [2.75, 3.05) is 7.05 Å². The summed E-state index contributed by atoms with van der Waals surface area (Å²) in [5.41, 5.74) is 0. The second kappa shape index (κ2) is 9.71. The monoisotopic (exact) mass is 279 g/mol. The number of hydrogen-bond donors (Lipinski definition) is 0. The van der Waals surface area contributed by atoms with E-state index < -0.39 is 8.07 Å². The second-order valence-electron chi connectivity index (χ2n) is 5.11. The molecule has 0 aromatic heterocycles. The van der Waals surface area contributed by atoms with Gasteiger partial charge in [0.05, 0.1) is 0 Å². The van der Waals surface area contributed by atoms with Gasteiger partial charge >= 0.3 is 0 Å². The Labute approximate surface area is 114 Å². The van der Waals surface area contributed by atoms with Crippen molar-refractivity contribution < 1.29 is 9.59 Å². The van der Waals surface area contributed by atoms with Crippen LogP contribution in [0.15, 0.2) is 0 Å². The average Bonchev–Trinajstić information content (AvgIpc) is 2.14. The van der Waals surface area contributed by atoms with Gasteiger partial charge in [0.1, 0.15) is 0 Å². The molecule has 0 aromatic carbocycles. The number of rotatable bonds is 1. The minimum Gasteiger partial charge on any atom is -0.286 e. The summed E-state index contributed by atoms with van der Waals surface area (Å²) in [6.07, 6.45) is 1.78. The Morgan fingerprint density at radius 2 is 1.41 bits per heavy atom. The summed E-state index contributed by atoms with van der Waals surface area (Å²) in [6, 6.07) is 1.41. The quantitative estimate of drug-likeness (QED) is 0.546. The highest BCUT2D eigenvalue weighted by molar-refractivity contribution is 7.59. The molecule has 2 amide bonds. The maximum Gasteiger partial charge on any atom is 0.228 e. The number of carbonyl (C=O) groups excluding carboxylic acids is 2. The summed E-state index contributed by atoms with van der Waals surface area (Å²) in [5.74, 6) is -0.0995. The number of piperidine rings is 1. The maximum absolute atomic E-state index is 10.7. The molecule has 0 unspecified atom stereocenters. The number of amides is 2. The highest BCUT2D eigenvalue weighted by Gasteiger charge is 2.20. The zero-order valence-corrected chi connectivity index (χ0v) is 13.1. The van der Waals surface area contributed by atoms with Gasteiger partial charge in [0.15, 0.2) is 0 Å². The molecule has 17 heavy (non-hydrogen) atoms. The van der Waals surface area contributed by atoms with E-state index in [-0.39, 0.29) is 32.7 Å². The molecule has 0 atom stereocenters. The predicted octanol–water partition coefficient (Wildman–Crippen LogP) is 3.25. The van der Waals surface area contributed by atoms with Crippen molar-refractivity contribution in [2.45, 2.75) is 59.3 Å². The number of hydrogen-bond acceptors (Lipinski definition) is 2. The molecule has 1 saturated heterocycles. The first-order chi connectivity index (χ1) is 6.78. The van der Waals surface area contributed by atoms with E-state index >= 15 is 0 Å². The lowest BCUT2D eigenvalue weighted by Crippen LogP contribution is -2.36. The van der Waals surface area contributed by atoms with Crippen LogP contribution in [0.1, 0.15) is 33.6 Å². The molecule has 1 heterocycles. The minimum absolute atomic E-state index is 0. The van der Waals surface area contributed by atoms with Crippen LogP contribution in [0, 0.1) is 0 Å². The fourth-order valence-electron chi connectivity index (χ4n) is 0.865. The molecule has 3 nitrogen and oxygen atoms in total. The number of nitrogens with zero attached hydrogens (tertiary/aromatic N) is 1. The molecule has 5 heteroatoms. The van der Waals surface area contributed by atoms with E-state index in [1.54, 1.807) is 0 Å². The van der Waals surface area contributed by atoms with E-state index in [9.17, 15) is 9.59 Å². The lowest BCUT2D eigenvalue weighted by atomic mass is 10.1. The molecule has 0 saturated carbocycles. The lowest BCUT2D eigenvalue weighted by molar-refractivity contribution is -0.146. The predicted molar refractivity (Wildman–Crippen MR) is 82.6 cm³/mol. The molecular formula is C12H29NO2SSi. The molecule has 1 rings (SSSR count). The molecule has 0 bridgehead atoms. The van der Waals surface area contributed by atoms with Crippen LogP contribution in [0.5, 0.6) is 0 Å². The van der Waals surface area contributed by atoms with Gasteiger partial charge in [0, 0.05) is 28.0 Å². The van der Waals surface area contributed by atoms with Crippen LogP contribution in [0.4, 0.5) is 0 Å². The third-order valence-corrected chi connectivity index (χ3v) is 4.71. The fourth-order valence-corrected chi connectivity index (χ4v) is 0.865. The molecule has 1 fully saturated rings. The van der Waals surface area contributed by atoms with E-state index in [0.29, 0.717) is 12.8 Å². The zero-order valence-electron chi connectivity index (χ0n) is 11.1. The first-order valence-corrected chi connectivity index (χ1v) is 9.28. The highest BCUT2D eigenvalue weighted by atomic mass is 32.1. The Bertz CT molecular complexity index is 223. The van der Waals surface area contributed by atoms with Gasteiger partial charge in [-0.05, 0) is 6.42 Å². The standard InChI is InChI=1S/C6H9NO2.C5H14Si.CH4.H2S/c1-7-5(8)3-2-4-6(7)9;1-5-6(2,3)4;;/h2-4H2,1H3;5H2,1-4H3;1H4;1H2. The van der Waals surface area contributed by atoms with Crippen LogP contribution in [-0.4, -0.2) is 31.8 Å². The van der Waals surface area contributed by atoms with Crippen molar-refractivity contribution in [1.82, 2.24) is 4.90 Å². The lowest BCUT2D eigenvalue weighted by Gasteiger charge is -2.19. The van der Waals surface area contributed by atoms with Crippen molar-refractivity contribution in [3.63, 3.8) is 0 Å². The first kappa shape index (κ1) is 21.9. The summed E-state index contributed by atoms with van der Waals surface area (Å²) >= 11 is 0. The Morgan fingerprint density at radius 1 is 1.12 bits per heavy atom. The molecule has 104 valence electrons. The summed E-state index contributed by atoms with van der Waals surface area (Å²) in [4.78, 5) is 22.6. The summed E-state index contributed by atoms with van der Waals surface area (Å²) < 4.78 is 0. The van der Waals surface area contributed by atoms with Crippen molar-refractivity contribution >= 4 is 33.4 Å². The molecule has 0 spiro atoms. The molecule has 0 aliphatic carbocycles. The van der Waals surface area contributed by atoms with Gasteiger partial charge in [0.25, 0.3) is 0 Å². The van der Waals surface area contributed by atoms with Crippen molar-refractivity contribution in [3.05, 3.63) is 0 Å². The zero-order chi connectivity index (χ0) is 12.1. The Hall–Kier alpha value is -0.293. The number of carbonyl (C=O) groups is 2. The topological polar surface area (TPSA) is 37.4 Å². The fraction of sp³-hybridized carbons (Fsp3) is 0.833. The Kier molecular flexibility index (Phi) is 12.5. The molecule has 0 N–H and O–H groups in total. The highest BCUT2D eigenvalue weighted by Crippen LogP contribution is 2.08. The van der Waals surface area contributed by atoms with E-state index in [4.69, 9.17) is 0 Å². The van der Waals surface area contributed by atoms with Crippen LogP contribution in [0.2, 0.25) is 25.7 Å². The summed E-state index contributed by atoms with van der Waals surface area (Å²) in [7, 11) is 0.900. The molecular weight excluding hydrogens is 250 g/mol. The summed E-state index contributed by atoms with van der Waals surface area (Å²) in [5, 5.41) is 0. The van der Waals surface area contributed by atoms with Crippen LogP contribution in [0.3, 0.4) is 0 Å². The third kappa shape index (κ3) is 10.6. The minimum atomic E-state index is -0.631. The Balaban J connectivity index is -0.000000221. The van der Waals surface area contributed by atoms with Gasteiger partial charge < -0.3 is 0 Å². The molecule has 0 aromatic rings. The smallest absolute Gasteiger partial charge is 0.228 e. The molecule has 1 aliphatic heterocycles. The molecule has 1 aliphatic rings. The van der Waals surface area contributed by atoms with Crippen molar-refractivity contribution in [3.8, 4) is 0 Å². The van der Waals surface area contributed by atoms with E-state index in [1.807, 2.05) is 0 Å². The van der Waals surface area contributed by atoms with Crippen LogP contribution in [0.25, 0.3) is 0 Å². The van der Waals surface area contributed by atoms with Gasteiger partial charge in [-0.3, -0.25) is 14.5 Å². The van der Waals surface area contributed by atoms with Gasteiger partial charge in [-0.2, -0.15) is 13.5 Å². The number of likely N-dealkylation sites (tertiary alicyclic amines) is 1. The number of imide groups is 1. The largest absolute Gasteiger partial charge is 0.286 e. The Morgan fingerprint density at radius 3 is 1.59 bits per heavy atom. The van der Waals surface area contributed by atoms with Crippen LogP contribution in [-0.2, 0) is 9.59 Å². The van der Waals surface area contributed by atoms with E-state index in [1.165, 1.54) is 18.0 Å². The molecule has 0 radical (unpaired) electrons. The second-order valence-corrected chi connectivity index (χ2v) is 10.9. The van der Waals surface area contributed by atoms with E-state index in [2.05, 4.69) is 26.6 Å². The third-order valence-electron chi connectivity index (χ3n) is 2.59. The van der Waals surface area contributed by atoms with Crippen LogP contribution >= 0.6 is 13.5 Å².